The summed E-state index contributed by atoms with van der Waals surface area (Å²) >= 11 is 5.94. The van der Waals surface area contributed by atoms with Crippen LogP contribution in [0.25, 0.3) is 10.9 Å². The summed E-state index contributed by atoms with van der Waals surface area (Å²) in [5.74, 6) is 1.67. The van der Waals surface area contributed by atoms with Crippen LogP contribution in [0.5, 0.6) is 0 Å². The van der Waals surface area contributed by atoms with Crippen LogP contribution in [-0.2, 0) is 0 Å². The van der Waals surface area contributed by atoms with Crippen molar-refractivity contribution in [1.82, 2.24) is 9.97 Å². The van der Waals surface area contributed by atoms with Crippen molar-refractivity contribution in [2.45, 2.75) is 25.3 Å². The molecular formula is C14H16ClN3. The molecule has 0 N–H and O–H groups in total. The van der Waals surface area contributed by atoms with E-state index in [-0.39, 0.29) is 0 Å². The monoisotopic (exact) mass is 261 g/mol. The zero-order valence-corrected chi connectivity index (χ0v) is 11.0. The fraction of sp³-hybridized carbons (Fsp3) is 0.429. The van der Waals surface area contributed by atoms with E-state index in [0.717, 1.165) is 23.3 Å². The fourth-order valence-corrected chi connectivity index (χ4v) is 2.65. The van der Waals surface area contributed by atoms with Crippen molar-refractivity contribution in [2.24, 2.45) is 0 Å². The second-order valence-corrected chi connectivity index (χ2v) is 5.06. The Kier molecular flexibility index (Phi) is 3.33. The second kappa shape index (κ2) is 5.11. The molecule has 1 saturated carbocycles. The van der Waals surface area contributed by atoms with E-state index in [9.17, 15) is 0 Å². The number of benzene rings is 1. The van der Waals surface area contributed by atoms with E-state index in [4.69, 9.17) is 11.6 Å². The van der Waals surface area contributed by atoms with Crippen LogP contribution in [0.1, 0.15) is 19.3 Å². The number of anilines is 1. The Morgan fingerprint density at radius 3 is 2.78 bits per heavy atom. The molecule has 2 aromatic rings. The van der Waals surface area contributed by atoms with Crippen molar-refractivity contribution in [1.29, 1.82) is 0 Å². The molecule has 0 bridgehead atoms. The Hall–Kier alpha value is -1.35. The fourth-order valence-electron chi connectivity index (χ4n) is 2.47. The van der Waals surface area contributed by atoms with Crippen molar-refractivity contribution in [3.8, 4) is 0 Å². The molecule has 4 heteroatoms. The molecular weight excluding hydrogens is 246 g/mol. The number of rotatable bonds is 4. The topological polar surface area (TPSA) is 29.0 Å². The van der Waals surface area contributed by atoms with Gasteiger partial charge >= 0.3 is 0 Å². The smallest absolute Gasteiger partial charge is 0.140 e. The molecule has 0 spiro atoms. The van der Waals surface area contributed by atoms with Gasteiger partial charge in [-0.05, 0) is 31.4 Å². The minimum absolute atomic E-state index is 0.599. The number of hydrogen-bond donors (Lipinski definition) is 0. The van der Waals surface area contributed by atoms with Gasteiger partial charge in [0.05, 0.1) is 5.52 Å². The van der Waals surface area contributed by atoms with E-state index >= 15 is 0 Å². The number of fused-ring (bicyclic) bond motifs is 1. The predicted octanol–water partition coefficient (Wildman–Crippen LogP) is 3.23. The van der Waals surface area contributed by atoms with Crippen LogP contribution < -0.4 is 4.90 Å². The molecule has 0 amide bonds. The quantitative estimate of drug-likeness (QED) is 0.792. The first-order valence-electron chi connectivity index (χ1n) is 6.42. The number of aromatic nitrogens is 2. The largest absolute Gasteiger partial charge is 0.352 e. The van der Waals surface area contributed by atoms with E-state index in [1.54, 1.807) is 6.33 Å². The maximum absolute atomic E-state index is 5.94. The van der Waals surface area contributed by atoms with Crippen LogP contribution >= 0.6 is 11.6 Å². The van der Waals surface area contributed by atoms with Crippen molar-refractivity contribution in [3.63, 3.8) is 0 Å². The van der Waals surface area contributed by atoms with Gasteiger partial charge in [0.25, 0.3) is 0 Å². The molecule has 3 rings (SSSR count). The molecule has 3 nitrogen and oxygen atoms in total. The molecule has 0 aliphatic heterocycles. The normalized spacial score (nSPS) is 15.6. The van der Waals surface area contributed by atoms with Crippen LogP contribution in [0.4, 0.5) is 5.82 Å². The number of halogens is 1. The molecule has 0 unspecified atom stereocenters. The highest BCUT2D eigenvalue weighted by Crippen LogP contribution is 2.31. The van der Waals surface area contributed by atoms with Crippen molar-refractivity contribution in [3.05, 3.63) is 30.6 Å². The average Bonchev–Trinajstić information content (AvgIpc) is 2.35. The van der Waals surface area contributed by atoms with Gasteiger partial charge in [0, 0.05) is 23.9 Å². The van der Waals surface area contributed by atoms with Crippen LogP contribution in [0.15, 0.2) is 30.6 Å². The van der Waals surface area contributed by atoms with E-state index < -0.39 is 0 Å². The molecule has 1 aliphatic rings. The maximum Gasteiger partial charge on any atom is 0.140 e. The summed E-state index contributed by atoms with van der Waals surface area (Å²) in [5.41, 5.74) is 1.00. The molecule has 1 fully saturated rings. The molecule has 0 radical (unpaired) electrons. The van der Waals surface area contributed by atoms with Crippen LogP contribution in [0.3, 0.4) is 0 Å². The van der Waals surface area contributed by atoms with Gasteiger partial charge in [0.1, 0.15) is 12.1 Å². The SMILES string of the molecule is ClCCN(c1ncnc2ccccc12)C1CCC1. The Bertz CT molecular complexity index is 534. The van der Waals surface area contributed by atoms with E-state index in [2.05, 4.69) is 20.9 Å². The molecule has 0 saturated heterocycles. The zero-order valence-electron chi connectivity index (χ0n) is 10.2. The second-order valence-electron chi connectivity index (χ2n) is 4.68. The lowest BCUT2D eigenvalue weighted by molar-refractivity contribution is 0.389. The van der Waals surface area contributed by atoms with E-state index in [1.807, 2.05) is 18.2 Å². The lowest BCUT2D eigenvalue weighted by Gasteiger charge is -2.38. The van der Waals surface area contributed by atoms with Gasteiger partial charge < -0.3 is 4.90 Å². The van der Waals surface area contributed by atoms with Gasteiger partial charge in [0.15, 0.2) is 0 Å². The third kappa shape index (κ3) is 2.03. The molecule has 94 valence electrons. The van der Waals surface area contributed by atoms with Crippen LogP contribution in [-0.4, -0.2) is 28.4 Å². The summed E-state index contributed by atoms with van der Waals surface area (Å²) in [5, 5.41) is 1.12. The average molecular weight is 262 g/mol. The highest BCUT2D eigenvalue weighted by Gasteiger charge is 2.26. The van der Waals surface area contributed by atoms with Gasteiger partial charge in [-0.3, -0.25) is 0 Å². The summed E-state index contributed by atoms with van der Waals surface area (Å²) in [6.07, 6.45) is 5.45. The summed E-state index contributed by atoms with van der Waals surface area (Å²) in [7, 11) is 0. The van der Waals surface area contributed by atoms with Crippen LogP contribution in [0, 0.1) is 0 Å². The van der Waals surface area contributed by atoms with Gasteiger partial charge in [-0.25, -0.2) is 9.97 Å². The first-order chi connectivity index (χ1) is 8.90. The van der Waals surface area contributed by atoms with Crippen LogP contribution in [0.2, 0.25) is 0 Å². The molecule has 1 aromatic carbocycles. The number of hydrogen-bond acceptors (Lipinski definition) is 3. The summed E-state index contributed by atoms with van der Waals surface area (Å²) in [4.78, 5) is 11.1. The summed E-state index contributed by atoms with van der Waals surface area (Å²) < 4.78 is 0. The molecule has 18 heavy (non-hydrogen) atoms. The number of nitrogens with zero attached hydrogens (tertiary/aromatic N) is 3. The van der Waals surface area contributed by atoms with Gasteiger partial charge in [-0.2, -0.15) is 0 Å². The Morgan fingerprint density at radius 1 is 1.22 bits per heavy atom. The number of alkyl halides is 1. The Balaban J connectivity index is 2.04. The first kappa shape index (κ1) is 11.7. The molecule has 1 heterocycles. The molecule has 1 aliphatic carbocycles. The molecule has 0 atom stereocenters. The van der Waals surface area contributed by atoms with E-state index in [0.29, 0.717) is 11.9 Å². The van der Waals surface area contributed by atoms with Crippen molar-refractivity contribution >= 4 is 28.3 Å². The zero-order chi connectivity index (χ0) is 12.4. The minimum Gasteiger partial charge on any atom is -0.352 e. The Morgan fingerprint density at radius 2 is 2.06 bits per heavy atom. The van der Waals surface area contributed by atoms with Gasteiger partial charge in [-0.1, -0.05) is 12.1 Å². The highest BCUT2D eigenvalue weighted by atomic mass is 35.5. The molecule has 1 aromatic heterocycles. The lowest BCUT2D eigenvalue weighted by atomic mass is 9.91. The standard InChI is InChI=1S/C14H16ClN3/c15-8-9-18(11-4-3-5-11)14-12-6-1-2-7-13(12)16-10-17-14/h1-2,6-7,10-11H,3-5,8-9H2. The van der Waals surface area contributed by atoms with Crippen molar-refractivity contribution in [2.75, 3.05) is 17.3 Å². The summed E-state index contributed by atoms with van der Waals surface area (Å²) in [6, 6.07) is 8.76. The number of para-hydroxylation sites is 1. The highest BCUT2D eigenvalue weighted by molar-refractivity contribution is 6.18. The Labute approximate surface area is 112 Å². The first-order valence-corrected chi connectivity index (χ1v) is 6.96. The van der Waals surface area contributed by atoms with Gasteiger partial charge in [-0.15, -0.1) is 11.6 Å². The van der Waals surface area contributed by atoms with Gasteiger partial charge in [0.2, 0.25) is 0 Å². The lowest BCUT2D eigenvalue weighted by Crippen LogP contribution is -2.42. The predicted molar refractivity (Wildman–Crippen MR) is 75.2 cm³/mol. The third-order valence-electron chi connectivity index (χ3n) is 3.63. The van der Waals surface area contributed by atoms with Crippen molar-refractivity contribution < 1.29 is 0 Å². The minimum atomic E-state index is 0.599. The van der Waals surface area contributed by atoms with E-state index in [1.165, 1.54) is 19.3 Å². The summed E-state index contributed by atoms with van der Waals surface area (Å²) in [6.45, 7) is 0.854. The third-order valence-corrected chi connectivity index (χ3v) is 3.80. The maximum atomic E-state index is 5.94.